The van der Waals surface area contributed by atoms with E-state index in [0.717, 1.165) is 12.1 Å². The van der Waals surface area contributed by atoms with E-state index in [-0.39, 0.29) is 29.6 Å². The van der Waals surface area contributed by atoms with Gasteiger partial charge in [-0.15, -0.1) is 4.91 Å². The Morgan fingerprint density at radius 1 is 0.944 bits per heavy atom. The lowest BCUT2D eigenvalue weighted by atomic mass is 10.0. The number of hydrogen-bond donors (Lipinski definition) is 2. The Bertz CT molecular complexity index is 1390. The summed E-state index contributed by atoms with van der Waals surface area (Å²) in [7, 11) is 0. The number of hydrogen-bond acceptors (Lipinski definition) is 6. The number of phenolic OH excluding ortho intramolecular Hbond substituents is 1. The van der Waals surface area contributed by atoms with E-state index in [1.807, 2.05) is 0 Å². The fourth-order valence-electron chi connectivity index (χ4n) is 3.34. The molecule has 0 aliphatic carbocycles. The molecule has 36 heavy (non-hydrogen) atoms. The number of alkyl halides is 3. The molecule has 0 bridgehead atoms. The van der Waals surface area contributed by atoms with Crippen LogP contribution in [0.4, 0.5) is 24.7 Å². The van der Waals surface area contributed by atoms with Gasteiger partial charge in [-0.2, -0.15) is 13.2 Å². The van der Waals surface area contributed by atoms with E-state index in [2.05, 4.69) is 15.5 Å². The van der Waals surface area contributed by atoms with Crippen LogP contribution in [0.3, 0.4) is 0 Å². The van der Waals surface area contributed by atoms with Crippen LogP contribution in [0.1, 0.15) is 11.1 Å². The van der Waals surface area contributed by atoms with E-state index in [1.54, 1.807) is 36.4 Å². The van der Waals surface area contributed by atoms with Gasteiger partial charge in [0.05, 0.1) is 12.0 Å². The van der Waals surface area contributed by atoms with Gasteiger partial charge in [0.2, 0.25) is 5.91 Å². The fraction of sp³-hybridized carbons (Fsp3) is 0.0769. The zero-order valence-corrected chi connectivity index (χ0v) is 18.5. The molecule has 0 unspecified atom stereocenters. The molecule has 10 heteroatoms. The predicted octanol–water partition coefficient (Wildman–Crippen LogP) is 6.84. The lowest BCUT2D eigenvalue weighted by molar-refractivity contribution is -0.137. The number of ether oxygens (including phenoxy) is 1. The number of nitroso groups, excluding NO2 is 1. The number of phenols is 1. The van der Waals surface area contributed by atoms with Crippen LogP contribution in [0.15, 0.2) is 90.2 Å². The van der Waals surface area contributed by atoms with Gasteiger partial charge in [0.25, 0.3) is 0 Å². The molecule has 2 N–H and O–H groups in total. The number of nitrogens with zero attached hydrogens (tertiary/aromatic N) is 2. The molecule has 4 rings (SSSR count). The quantitative estimate of drug-likeness (QED) is 0.274. The summed E-state index contributed by atoms with van der Waals surface area (Å²) >= 11 is 0. The molecule has 1 amide bonds. The first-order valence-electron chi connectivity index (χ1n) is 10.6. The number of pyridine rings is 1. The standard InChI is InChI=1S/C26H18F3N3O4/c27-26(28,29)19-3-1-2-17(13-19)18-6-11-24(30-15-18)31-25(34)12-16-4-7-20(8-5-16)36-21-9-10-22(32-35)23(33)14-21/h1-11,13-15,33H,12H2,(H,30,31,34). The van der Waals surface area contributed by atoms with Gasteiger partial charge in [0, 0.05) is 17.8 Å². The third-order valence-corrected chi connectivity index (χ3v) is 5.12. The first-order chi connectivity index (χ1) is 17.2. The lowest BCUT2D eigenvalue weighted by Crippen LogP contribution is -2.15. The van der Waals surface area contributed by atoms with E-state index < -0.39 is 11.7 Å². The zero-order valence-electron chi connectivity index (χ0n) is 18.5. The van der Waals surface area contributed by atoms with Gasteiger partial charge in [0.1, 0.15) is 28.8 Å². The van der Waals surface area contributed by atoms with Crippen molar-refractivity contribution in [3.05, 3.63) is 101 Å². The number of benzene rings is 3. The zero-order chi connectivity index (χ0) is 25.7. The minimum atomic E-state index is -4.44. The molecule has 4 aromatic rings. The summed E-state index contributed by atoms with van der Waals surface area (Å²) < 4.78 is 44.4. The minimum Gasteiger partial charge on any atom is -0.505 e. The average molecular weight is 493 g/mol. The first kappa shape index (κ1) is 24.4. The highest BCUT2D eigenvalue weighted by atomic mass is 19.4. The highest BCUT2D eigenvalue weighted by Crippen LogP contribution is 2.33. The van der Waals surface area contributed by atoms with Crippen molar-refractivity contribution < 1.29 is 27.8 Å². The van der Waals surface area contributed by atoms with E-state index in [4.69, 9.17) is 4.74 Å². The van der Waals surface area contributed by atoms with Gasteiger partial charge >= 0.3 is 6.18 Å². The van der Waals surface area contributed by atoms with Gasteiger partial charge in [-0.25, -0.2) is 4.98 Å². The maximum Gasteiger partial charge on any atom is 0.416 e. The number of amides is 1. The Kier molecular flexibility index (Phi) is 6.95. The third kappa shape index (κ3) is 6.03. The van der Waals surface area contributed by atoms with Gasteiger partial charge < -0.3 is 15.2 Å². The number of halogens is 3. The van der Waals surface area contributed by atoms with Crippen LogP contribution in [0.2, 0.25) is 0 Å². The van der Waals surface area contributed by atoms with Crippen LogP contribution in [0, 0.1) is 4.91 Å². The summed E-state index contributed by atoms with van der Waals surface area (Å²) in [6.07, 6.45) is -2.99. The average Bonchev–Trinajstić information content (AvgIpc) is 2.85. The molecule has 3 aromatic carbocycles. The van der Waals surface area contributed by atoms with Crippen molar-refractivity contribution >= 4 is 17.4 Å². The second-order valence-corrected chi connectivity index (χ2v) is 7.72. The van der Waals surface area contributed by atoms with Gasteiger partial charge in [-0.05, 0) is 64.8 Å². The van der Waals surface area contributed by atoms with Crippen molar-refractivity contribution in [2.24, 2.45) is 5.18 Å². The topological polar surface area (TPSA) is 101 Å². The van der Waals surface area contributed by atoms with E-state index >= 15 is 0 Å². The van der Waals surface area contributed by atoms with Crippen molar-refractivity contribution in [2.45, 2.75) is 12.6 Å². The molecule has 1 heterocycles. The Morgan fingerprint density at radius 2 is 1.69 bits per heavy atom. The van der Waals surface area contributed by atoms with Crippen LogP contribution in [-0.4, -0.2) is 16.0 Å². The number of carbonyl (C=O) groups excluding carboxylic acids is 1. The maximum atomic E-state index is 12.9. The molecule has 7 nitrogen and oxygen atoms in total. The van der Waals surface area contributed by atoms with Crippen molar-refractivity contribution in [1.82, 2.24) is 4.98 Å². The normalized spacial score (nSPS) is 11.1. The van der Waals surface area contributed by atoms with Gasteiger partial charge in [-0.1, -0.05) is 24.3 Å². The van der Waals surface area contributed by atoms with Crippen LogP contribution >= 0.6 is 0 Å². The van der Waals surface area contributed by atoms with Crippen LogP contribution in [0.5, 0.6) is 17.2 Å². The Balaban J connectivity index is 1.35. The van der Waals surface area contributed by atoms with Gasteiger partial charge in [0.15, 0.2) is 0 Å². The second-order valence-electron chi connectivity index (χ2n) is 7.72. The highest BCUT2D eigenvalue weighted by molar-refractivity contribution is 5.91. The lowest BCUT2D eigenvalue weighted by Gasteiger charge is -2.10. The van der Waals surface area contributed by atoms with E-state index in [1.165, 1.54) is 36.5 Å². The number of aromatic hydroxyl groups is 1. The molecule has 0 atom stereocenters. The summed E-state index contributed by atoms with van der Waals surface area (Å²) in [5.74, 6) is 0.406. The van der Waals surface area contributed by atoms with E-state index in [9.17, 15) is 28.0 Å². The number of aromatic nitrogens is 1. The smallest absolute Gasteiger partial charge is 0.416 e. The maximum absolute atomic E-state index is 12.9. The molecule has 0 saturated heterocycles. The van der Waals surface area contributed by atoms with Crippen molar-refractivity contribution in [2.75, 3.05) is 5.32 Å². The number of carbonyl (C=O) groups is 1. The first-order valence-corrected chi connectivity index (χ1v) is 10.6. The molecule has 0 spiro atoms. The predicted molar refractivity (Wildman–Crippen MR) is 127 cm³/mol. The largest absolute Gasteiger partial charge is 0.505 e. The van der Waals surface area contributed by atoms with Gasteiger partial charge in [-0.3, -0.25) is 4.79 Å². The van der Waals surface area contributed by atoms with Crippen molar-refractivity contribution in [3.8, 4) is 28.4 Å². The van der Waals surface area contributed by atoms with Crippen LogP contribution < -0.4 is 10.1 Å². The summed E-state index contributed by atoms with van der Waals surface area (Å²) in [6, 6.07) is 18.8. The van der Waals surface area contributed by atoms with Crippen molar-refractivity contribution in [1.29, 1.82) is 0 Å². The molecular weight excluding hydrogens is 475 g/mol. The molecule has 0 aliphatic heterocycles. The molecule has 182 valence electrons. The molecule has 0 fully saturated rings. The molecular formula is C26H18F3N3O4. The number of anilines is 1. The number of nitrogens with one attached hydrogen (secondary N) is 1. The van der Waals surface area contributed by atoms with Crippen LogP contribution in [-0.2, 0) is 17.4 Å². The Labute approximate surface area is 203 Å². The summed E-state index contributed by atoms with van der Waals surface area (Å²) in [6.45, 7) is 0. The third-order valence-electron chi connectivity index (χ3n) is 5.12. The molecule has 0 saturated carbocycles. The second kappa shape index (κ2) is 10.3. The molecule has 0 radical (unpaired) electrons. The summed E-state index contributed by atoms with van der Waals surface area (Å²) in [5.41, 5.74) is 0.705. The highest BCUT2D eigenvalue weighted by Gasteiger charge is 2.30. The summed E-state index contributed by atoms with van der Waals surface area (Å²) in [5, 5.41) is 15.0. The fourth-order valence-corrected chi connectivity index (χ4v) is 3.34. The SMILES string of the molecule is O=Nc1ccc(Oc2ccc(CC(=O)Nc3ccc(-c4cccc(C(F)(F)F)c4)cn3)cc2)cc1O. The Morgan fingerprint density at radius 3 is 2.33 bits per heavy atom. The van der Waals surface area contributed by atoms with Crippen molar-refractivity contribution in [3.63, 3.8) is 0 Å². The Hall–Kier alpha value is -4.73. The minimum absolute atomic E-state index is 0.0534. The number of rotatable bonds is 7. The summed E-state index contributed by atoms with van der Waals surface area (Å²) in [4.78, 5) is 27.1. The van der Waals surface area contributed by atoms with Crippen LogP contribution in [0.25, 0.3) is 11.1 Å². The van der Waals surface area contributed by atoms with E-state index in [0.29, 0.717) is 28.2 Å². The molecule has 1 aromatic heterocycles. The molecule has 0 aliphatic rings. The monoisotopic (exact) mass is 493 g/mol.